The second-order valence-corrected chi connectivity index (χ2v) is 10.5. The third-order valence-electron chi connectivity index (χ3n) is 6.39. The Morgan fingerprint density at radius 2 is 1.85 bits per heavy atom. The van der Waals surface area contributed by atoms with Gasteiger partial charge in [-0.3, -0.25) is 9.78 Å². The van der Waals surface area contributed by atoms with Crippen LogP contribution in [0.25, 0.3) is 10.8 Å². The fourth-order valence-corrected chi connectivity index (χ4v) is 6.08. The largest absolute Gasteiger partial charge is 0.326 e. The Morgan fingerprint density at radius 1 is 1.09 bits per heavy atom. The number of aromatic nitrogens is 1. The third-order valence-corrected chi connectivity index (χ3v) is 8.42. The summed E-state index contributed by atoms with van der Waals surface area (Å²) in [6.07, 6.45) is 4.30. The zero-order chi connectivity index (χ0) is 22.3. The first-order valence-electron chi connectivity index (χ1n) is 10.9. The number of piperazine rings is 1. The van der Waals surface area contributed by atoms with Crippen molar-refractivity contribution in [1.29, 1.82) is 0 Å². The lowest BCUT2D eigenvalue weighted by atomic mass is 10.1. The zero-order valence-electron chi connectivity index (χ0n) is 18.7. The van der Waals surface area contributed by atoms with Crippen molar-refractivity contribution in [3.63, 3.8) is 0 Å². The van der Waals surface area contributed by atoms with E-state index >= 15 is 0 Å². The number of hydrogen-bond donors (Lipinski definition) is 2. The van der Waals surface area contributed by atoms with E-state index in [1.54, 1.807) is 28.8 Å². The lowest BCUT2D eigenvalue weighted by Crippen LogP contribution is -2.52. The van der Waals surface area contributed by atoms with Gasteiger partial charge in [-0.2, -0.15) is 4.31 Å². The van der Waals surface area contributed by atoms with Crippen molar-refractivity contribution in [1.82, 2.24) is 14.6 Å². The molecule has 34 heavy (non-hydrogen) atoms. The first kappa shape index (κ1) is 26.4. The van der Waals surface area contributed by atoms with E-state index in [4.69, 9.17) is 0 Å². The maximum Gasteiger partial charge on any atom is 0.243 e. The van der Waals surface area contributed by atoms with E-state index in [1.807, 2.05) is 43.3 Å². The fourth-order valence-electron chi connectivity index (χ4n) is 4.45. The van der Waals surface area contributed by atoms with Crippen molar-refractivity contribution in [2.24, 2.45) is 5.92 Å². The number of fused-ring (bicyclic) bond motifs is 1. The number of carbonyl (C=O) groups is 1. The highest BCUT2D eigenvalue weighted by atomic mass is 35.5. The van der Waals surface area contributed by atoms with Crippen LogP contribution in [0.5, 0.6) is 0 Å². The highest BCUT2D eigenvalue weighted by molar-refractivity contribution is 7.89. The molecule has 1 saturated heterocycles. The zero-order valence-corrected chi connectivity index (χ0v) is 21.1. The van der Waals surface area contributed by atoms with Crippen LogP contribution in [-0.4, -0.2) is 49.3 Å². The average Bonchev–Trinajstić information content (AvgIpc) is 3.60. The van der Waals surface area contributed by atoms with Crippen LogP contribution >= 0.6 is 24.8 Å². The van der Waals surface area contributed by atoms with Crippen molar-refractivity contribution in [3.8, 4) is 0 Å². The second kappa shape index (κ2) is 10.6. The molecule has 3 atom stereocenters. The smallest absolute Gasteiger partial charge is 0.243 e. The molecule has 2 aromatic carbocycles. The van der Waals surface area contributed by atoms with Gasteiger partial charge in [0.25, 0.3) is 0 Å². The van der Waals surface area contributed by atoms with Gasteiger partial charge < -0.3 is 10.6 Å². The molecular weight excluding hydrogens is 495 g/mol. The van der Waals surface area contributed by atoms with E-state index in [0.29, 0.717) is 24.5 Å². The summed E-state index contributed by atoms with van der Waals surface area (Å²) in [6, 6.07) is 14.7. The lowest BCUT2D eigenvalue weighted by molar-refractivity contribution is -0.117. The Balaban J connectivity index is 0.00000162. The molecule has 0 spiro atoms. The van der Waals surface area contributed by atoms with E-state index in [9.17, 15) is 13.2 Å². The van der Waals surface area contributed by atoms with Gasteiger partial charge in [-0.15, -0.1) is 24.8 Å². The number of sulfonamides is 1. The molecule has 3 aromatic rings. The van der Waals surface area contributed by atoms with Crippen LogP contribution in [0.15, 0.2) is 65.8 Å². The molecule has 2 heterocycles. The van der Waals surface area contributed by atoms with Crippen molar-refractivity contribution in [2.75, 3.05) is 25.0 Å². The van der Waals surface area contributed by atoms with Gasteiger partial charge in [0.05, 0.1) is 4.90 Å². The summed E-state index contributed by atoms with van der Waals surface area (Å²) < 4.78 is 27.5. The number of nitrogens with zero attached hydrogens (tertiary/aromatic N) is 2. The van der Waals surface area contributed by atoms with Gasteiger partial charge in [0, 0.05) is 55.1 Å². The van der Waals surface area contributed by atoms with Gasteiger partial charge >= 0.3 is 0 Å². The van der Waals surface area contributed by atoms with Crippen LogP contribution in [-0.2, 0) is 14.8 Å². The van der Waals surface area contributed by atoms with Crippen molar-refractivity contribution in [3.05, 3.63) is 66.5 Å². The summed E-state index contributed by atoms with van der Waals surface area (Å²) in [5, 5.41) is 8.28. The maximum atomic E-state index is 13.0. The number of pyridine rings is 1. The quantitative estimate of drug-likeness (QED) is 0.531. The first-order valence-corrected chi connectivity index (χ1v) is 12.3. The van der Waals surface area contributed by atoms with Crippen LogP contribution in [0.2, 0.25) is 0 Å². The molecule has 0 radical (unpaired) electrons. The first-order chi connectivity index (χ1) is 15.4. The summed E-state index contributed by atoms with van der Waals surface area (Å²) in [4.78, 5) is 17.1. The van der Waals surface area contributed by atoms with Crippen molar-refractivity contribution >= 4 is 57.2 Å². The van der Waals surface area contributed by atoms with E-state index in [2.05, 4.69) is 15.6 Å². The molecule has 182 valence electrons. The number of halogens is 2. The summed E-state index contributed by atoms with van der Waals surface area (Å²) >= 11 is 0. The van der Waals surface area contributed by atoms with Gasteiger partial charge in [-0.1, -0.05) is 18.2 Å². The third kappa shape index (κ3) is 5.21. The molecule has 0 bridgehead atoms. The van der Waals surface area contributed by atoms with Crippen LogP contribution in [0.4, 0.5) is 5.69 Å². The minimum atomic E-state index is -3.51. The Morgan fingerprint density at radius 3 is 2.59 bits per heavy atom. The van der Waals surface area contributed by atoms with Crippen LogP contribution in [0.3, 0.4) is 0 Å². The SMILES string of the molecule is CC1CNCCN1S(=O)(=O)c1ccc([C@@H]2C[C@H]2C(=O)Nc2ccc3cnccc3c2)cc1.Cl.Cl. The molecule has 1 amide bonds. The molecule has 1 unspecified atom stereocenters. The van der Waals surface area contributed by atoms with E-state index < -0.39 is 10.0 Å². The van der Waals surface area contributed by atoms with Gasteiger partial charge in [-0.05, 0) is 60.5 Å². The molecule has 1 aliphatic carbocycles. The van der Waals surface area contributed by atoms with Gasteiger partial charge in [0.1, 0.15) is 0 Å². The second-order valence-electron chi connectivity index (χ2n) is 8.61. The molecule has 1 aromatic heterocycles. The number of hydrogen-bond acceptors (Lipinski definition) is 5. The molecule has 5 rings (SSSR count). The monoisotopic (exact) mass is 522 g/mol. The standard InChI is InChI=1S/C24H26N4O3S.2ClH/c1-16-14-26-10-11-28(16)32(30,31)21-6-3-17(4-7-21)22-13-23(22)24(29)27-20-5-2-19-15-25-9-8-18(19)12-20;;/h2-9,12,15-16,22-23,26H,10-11,13-14H2,1H3,(H,27,29);2*1H/t16?,22-,23+;;/m0../s1. The molecule has 10 heteroatoms. The molecule has 7 nitrogen and oxygen atoms in total. The summed E-state index contributed by atoms with van der Waals surface area (Å²) in [5.41, 5.74) is 1.77. The predicted molar refractivity (Wildman–Crippen MR) is 138 cm³/mol. The Labute approximate surface area is 212 Å². The molecule has 2 aliphatic rings. The summed E-state index contributed by atoms with van der Waals surface area (Å²) in [7, 11) is -3.51. The number of amides is 1. The Bertz CT molecular complexity index is 1270. The molecule has 2 N–H and O–H groups in total. The molecule has 2 fully saturated rings. The maximum absolute atomic E-state index is 13.0. The molecule has 1 saturated carbocycles. The fraction of sp³-hybridized carbons (Fsp3) is 0.333. The van der Waals surface area contributed by atoms with Crippen molar-refractivity contribution in [2.45, 2.75) is 30.2 Å². The van der Waals surface area contributed by atoms with Gasteiger partial charge in [-0.25, -0.2) is 8.42 Å². The Kier molecular flexibility index (Phi) is 8.21. The van der Waals surface area contributed by atoms with E-state index in [-0.39, 0.29) is 48.6 Å². The minimum absolute atomic E-state index is 0. The normalized spacial score (nSPS) is 22.3. The number of nitrogens with one attached hydrogen (secondary N) is 2. The number of carbonyl (C=O) groups excluding carboxylic acids is 1. The van der Waals surface area contributed by atoms with Gasteiger partial charge in [0.15, 0.2) is 0 Å². The van der Waals surface area contributed by atoms with Gasteiger partial charge in [0.2, 0.25) is 15.9 Å². The number of anilines is 1. The van der Waals surface area contributed by atoms with Crippen LogP contribution < -0.4 is 10.6 Å². The summed E-state index contributed by atoms with van der Waals surface area (Å²) in [6.45, 7) is 3.71. The highest BCUT2D eigenvalue weighted by Crippen LogP contribution is 2.48. The van der Waals surface area contributed by atoms with Crippen LogP contribution in [0.1, 0.15) is 24.8 Å². The Hall–Kier alpha value is -2.23. The van der Waals surface area contributed by atoms with Crippen LogP contribution in [0, 0.1) is 5.92 Å². The minimum Gasteiger partial charge on any atom is -0.326 e. The van der Waals surface area contributed by atoms with E-state index in [1.165, 1.54) is 0 Å². The predicted octanol–water partition coefficient (Wildman–Crippen LogP) is 3.80. The molecular formula is C24H28Cl2N4O3S. The van der Waals surface area contributed by atoms with Crippen molar-refractivity contribution < 1.29 is 13.2 Å². The topological polar surface area (TPSA) is 91.4 Å². The average molecular weight is 523 g/mol. The molecule has 1 aliphatic heterocycles. The number of rotatable bonds is 5. The van der Waals surface area contributed by atoms with E-state index in [0.717, 1.165) is 28.4 Å². The highest BCUT2D eigenvalue weighted by Gasteiger charge is 2.44. The number of benzene rings is 2. The lowest BCUT2D eigenvalue weighted by Gasteiger charge is -2.32. The summed E-state index contributed by atoms with van der Waals surface area (Å²) in [5.74, 6) is 0.0167.